The number of benzene rings is 2. The zero-order valence-electron chi connectivity index (χ0n) is 19.9. The lowest BCUT2D eigenvalue weighted by atomic mass is 9.96. The quantitative estimate of drug-likeness (QED) is 0.313. The molecule has 4 rings (SSSR count). The molecule has 0 aliphatic carbocycles. The second-order valence-electron chi connectivity index (χ2n) is 8.17. The standard InChI is InChI=1S/C11H12O5S.C11H10O4S.H2O4S/c1-6-7(11(13)14)2-3-9-10(6)8(12)4-5-17(9,15)16;1-7-8-3-2-6-16(14,15)10(8)5-4-9(7)11(12)13;1-5(2,3)4/h2-3,8,12H,4-5H2,1H3,(H,13,14);2-5H,6H2,1H3,(H,12,13);(H2,1,2,3,4). The number of aromatic carboxylic acids is 2. The van der Waals surface area contributed by atoms with Gasteiger partial charge in [-0.3, -0.25) is 9.11 Å². The minimum atomic E-state index is -4.67. The van der Waals surface area contributed by atoms with Gasteiger partial charge < -0.3 is 15.3 Å². The lowest BCUT2D eigenvalue weighted by Crippen LogP contribution is -2.22. The number of sulfone groups is 2. The molecule has 0 saturated heterocycles. The van der Waals surface area contributed by atoms with Crippen molar-refractivity contribution < 1.29 is 59.3 Å². The molecule has 1 unspecified atom stereocenters. The van der Waals surface area contributed by atoms with Gasteiger partial charge in [-0.25, -0.2) is 26.4 Å². The van der Waals surface area contributed by atoms with Crippen LogP contribution in [-0.4, -0.2) is 73.1 Å². The van der Waals surface area contributed by atoms with Crippen molar-refractivity contribution in [2.24, 2.45) is 0 Å². The number of aliphatic hydroxyl groups is 1. The Labute approximate surface area is 218 Å². The number of carboxylic acids is 2. The summed E-state index contributed by atoms with van der Waals surface area (Å²) in [5.41, 5.74) is 1.71. The number of hydrogen-bond acceptors (Lipinski definition) is 9. The summed E-state index contributed by atoms with van der Waals surface area (Å²) in [7, 11) is -11.3. The summed E-state index contributed by atoms with van der Waals surface area (Å²) in [4.78, 5) is 22.1. The van der Waals surface area contributed by atoms with Crippen LogP contribution in [0.25, 0.3) is 6.08 Å². The molecule has 13 nitrogen and oxygen atoms in total. The van der Waals surface area contributed by atoms with Gasteiger partial charge in [0.2, 0.25) is 0 Å². The lowest BCUT2D eigenvalue weighted by Gasteiger charge is -2.24. The van der Waals surface area contributed by atoms with E-state index in [0.29, 0.717) is 16.7 Å². The highest BCUT2D eigenvalue weighted by Gasteiger charge is 2.32. The van der Waals surface area contributed by atoms with Gasteiger partial charge in [0, 0.05) is 5.56 Å². The van der Waals surface area contributed by atoms with E-state index in [9.17, 15) is 31.5 Å². The Morgan fingerprint density at radius 1 is 0.842 bits per heavy atom. The molecule has 2 aliphatic rings. The van der Waals surface area contributed by atoms with Crippen molar-refractivity contribution in [3.8, 4) is 0 Å². The number of fused-ring (bicyclic) bond motifs is 2. The van der Waals surface area contributed by atoms with Crippen molar-refractivity contribution in [3.05, 3.63) is 63.7 Å². The number of rotatable bonds is 2. The van der Waals surface area contributed by atoms with Crippen molar-refractivity contribution in [2.45, 2.75) is 36.2 Å². The highest BCUT2D eigenvalue weighted by molar-refractivity contribution is 7.92. The zero-order valence-corrected chi connectivity index (χ0v) is 22.3. The van der Waals surface area contributed by atoms with E-state index in [1.165, 1.54) is 37.3 Å². The van der Waals surface area contributed by atoms with Gasteiger partial charge in [0.15, 0.2) is 19.7 Å². The first-order valence-electron chi connectivity index (χ1n) is 10.5. The van der Waals surface area contributed by atoms with E-state index in [-0.39, 0.29) is 44.4 Å². The predicted molar refractivity (Wildman–Crippen MR) is 133 cm³/mol. The van der Waals surface area contributed by atoms with Gasteiger partial charge in [0.1, 0.15) is 0 Å². The number of carbonyl (C=O) groups is 2. The van der Waals surface area contributed by atoms with E-state index in [2.05, 4.69) is 0 Å². The average Bonchev–Trinajstić information content (AvgIpc) is 2.76. The van der Waals surface area contributed by atoms with Crippen molar-refractivity contribution >= 4 is 48.1 Å². The molecule has 2 aromatic carbocycles. The van der Waals surface area contributed by atoms with E-state index < -0.39 is 48.1 Å². The summed E-state index contributed by atoms with van der Waals surface area (Å²) in [5, 5.41) is 27.7. The molecule has 0 bridgehead atoms. The fourth-order valence-corrected chi connectivity index (χ4v) is 6.95. The molecule has 2 aromatic rings. The van der Waals surface area contributed by atoms with Crippen LogP contribution in [0.1, 0.15) is 55.5 Å². The summed E-state index contributed by atoms with van der Waals surface area (Å²) in [6.07, 6.45) is 2.40. The molecule has 0 radical (unpaired) electrons. The van der Waals surface area contributed by atoms with Crippen LogP contribution in [0.5, 0.6) is 0 Å². The van der Waals surface area contributed by atoms with E-state index in [0.717, 1.165) is 0 Å². The molecule has 0 aromatic heterocycles. The number of aliphatic hydroxyl groups excluding tert-OH is 1. The first-order valence-corrected chi connectivity index (χ1v) is 15.2. The Kier molecular flexibility index (Phi) is 9.24. The number of hydrogen-bond donors (Lipinski definition) is 5. The maximum absolute atomic E-state index is 11.8. The van der Waals surface area contributed by atoms with Crippen LogP contribution in [0.2, 0.25) is 0 Å². The van der Waals surface area contributed by atoms with Gasteiger partial charge in [-0.2, -0.15) is 8.42 Å². The SMILES string of the molecule is Cc1c(C(=O)O)ccc2c1C(O)CCS2(=O)=O.Cc1c(C(=O)O)ccc2c1C=CCS2(=O)=O.O=S(=O)(O)O. The third-order valence-corrected chi connectivity index (χ3v) is 9.13. The fourth-order valence-electron chi connectivity index (χ4n) is 3.94. The molecular weight excluding hydrogens is 568 g/mol. The lowest BCUT2D eigenvalue weighted by molar-refractivity contribution is 0.0684. The van der Waals surface area contributed by atoms with Crippen molar-refractivity contribution in [1.82, 2.24) is 0 Å². The molecule has 5 N–H and O–H groups in total. The summed E-state index contributed by atoms with van der Waals surface area (Å²) in [5.74, 6) is -2.30. The molecule has 0 saturated carbocycles. The molecule has 0 fully saturated rings. The highest BCUT2D eigenvalue weighted by Crippen LogP contribution is 2.35. The van der Waals surface area contributed by atoms with Crippen molar-refractivity contribution in [2.75, 3.05) is 11.5 Å². The van der Waals surface area contributed by atoms with Crippen LogP contribution in [0.4, 0.5) is 0 Å². The van der Waals surface area contributed by atoms with E-state index >= 15 is 0 Å². The first-order chi connectivity index (χ1) is 17.3. The van der Waals surface area contributed by atoms with Crippen molar-refractivity contribution in [3.63, 3.8) is 0 Å². The number of carboxylic acid groups (broad SMARTS) is 2. The van der Waals surface area contributed by atoms with Gasteiger partial charge in [0.25, 0.3) is 0 Å². The Bertz CT molecular complexity index is 1630. The average molecular weight is 593 g/mol. The third-order valence-electron chi connectivity index (χ3n) is 5.67. The second kappa shape index (κ2) is 11.3. The van der Waals surface area contributed by atoms with Crippen LogP contribution in [-0.2, 0) is 30.1 Å². The minimum Gasteiger partial charge on any atom is -0.478 e. The first kappa shape index (κ1) is 31.1. The van der Waals surface area contributed by atoms with Crippen molar-refractivity contribution in [1.29, 1.82) is 0 Å². The van der Waals surface area contributed by atoms with Crippen LogP contribution >= 0.6 is 0 Å². The second-order valence-corrected chi connectivity index (χ2v) is 13.1. The minimum absolute atomic E-state index is 0.0220. The Morgan fingerprint density at radius 3 is 1.82 bits per heavy atom. The topological polar surface area (TPSA) is 238 Å². The maximum Gasteiger partial charge on any atom is 0.394 e. The van der Waals surface area contributed by atoms with Gasteiger partial charge >= 0.3 is 22.3 Å². The molecule has 0 amide bonds. The Hall–Kier alpha value is -3.15. The van der Waals surface area contributed by atoms with Gasteiger partial charge in [0.05, 0.1) is 38.5 Å². The normalized spacial score (nSPS) is 18.4. The van der Waals surface area contributed by atoms with E-state index in [1.54, 1.807) is 13.0 Å². The highest BCUT2D eigenvalue weighted by atomic mass is 32.3. The zero-order chi connectivity index (χ0) is 29.2. The van der Waals surface area contributed by atoms with E-state index in [1.807, 2.05) is 0 Å². The van der Waals surface area contributed by atoms with Gasteiger partial charge in [-0.15, -0.1) is 0 Å². The van der Waals surface area contributed by atoms with Crippen LogP contribution < -0.4 is 0 Å². The van der Waals surface area contributed by atoms with Crippen LogP contribution in [0.3, 0.4) is 0 Å². The Balaban J connectivity index is 0.000000228. The smallest absolute Gasteiger partial charge is 0.394 e. The Morgan fingerprint density at radius 2 is 1.32 bits per heavy atom. The summed E-state index contributed by atoms with van der Waals surface area (Å²) in [6, 6.07) is 5.24. The molecule has 16 heteroatoms. The molecule has 0 spiro atoms. The molecular formula is C22H24O13S3. The van der Waals surface area contributed by atoms with Crippen LogP contribution in [0.15, 0.2) is 40.1 Å². The monoisotopic (exact) mass is 592 g/mol. The molecule has 2 aliphatic heterocycles. The van der Waals surface area contributed by atoms with Crippen LogP contribution in [0, 0.1) is 13.8 Å². The molecule has 38 heavy (non-hydrogen) atoms. The molecule has 208 valence electrons. The fraction of sp³-hybridized carbons (Fsp3) is 0.273. The molecule has 2 heterocycles. The maximum atomic E-state index is 11.8. The summed E-state index contributed by atoms with van der Waals surface area (Å²) < 4.78 is 78.6. The third kappa shape index (κ3) is 7.24. The largest absolute Gasteiger partial charge is 0.478 e. The predicted octanol–water partition coefficient (Wildman–Crippen LogP) is 1.74. The van der Waals surface area contributed by atoms with Gasteiger partial charge in [-0.05, 0) is 61.2 Å². The molecule has 1 atom stereocenters. The summed E-state index contributed by atoms with van der Waals surface area (Å²) >= 11 is 0. The summed E-state index contributed by atoms with van der Waals surface area (Å²) in [6.45, 7) is 3.14. The van der Waals surface area contributed by atoms with E-state index in [4.69, 9.17) is 27.7 Å². The van der Waals surface area contributed by atoms with Gasteiger partial charge in [-0.1, -0.05) is 12.2 Å².